The molecule has 0 saturated carbocycles. The van der Waals surface area contributed by atoms with Crippen LogP contribution in [0.4, 0.5) is 5.82 Å². The van der Waals surface area contributed by atoms with Gasteiger partial charge in [0, 0.05) is 22.1 Å². The van der Waals surface area contributed by atoms with E-state index in [4.69, 9.17) is 0 Å². The van der Waals surface area contributed by atoms with Gasteiger partial charge in [-0.3, -0.25) is 4.98 Å². The van der Waals surface area contributed by atoms with E-state index in [1.807, 2.05) is 0 Å². The monoisotopic (exact) mass is 219 g/mol. The molecule has 15 heavy (non-hydrogen) atoms. The number of nitrogens with one attached hydrogen (secondary N) is 1. The Balaban J connectivity index is 2.07. The first-order valence-corrected chi connectivity index (χ1v) is 5.66. The number of aromatic nitrogens is 2. The molecular weight excluding hydrogens is 206 g/mol. The van der Waals surface area contributed by atoms with Crippen molar-refractivity contribution in [2.45, 2.75) is 19.9 Å². The second-order valence-corrected chi connectivity index (χ2v) is 4.72. The third-order valence-electron chi connectivity index (χ3n) is 2.12. The molecule has 3 nitrogen and oxygen atoms in total. The van der Waals surface area contributed by atoms with Crippen molar-refractivity contribution in [2.24, 2.45) is 0 Å². The summed E-state index contributed by atoms with van der Waals surface area (Å²) in [6, 6.07) is 4.56. The highest BCUT2D eigenvalue weighted by Gasteiger charge is 2.07. The van der Waals surface area contributed by atoms with Gasteiger partial charge in [0.25, 0.3) is 0 Å². The minimum Gasteiger partial charge on any atom is -0.361 e. The van der Waals surface area contributed by atoms with Crippen LogP contribution >= 0.6 is 11.3 Å². The average molecular weight is 219 g/mol. The number of anilines is 1. The number of aryl methyl sites for hydroxylation is 1. The van der Waals surface area contributed by atoms with E-state index < -0.39 is 0 Å². The molecule has 1 unspecified atom stereocenters. The molecule has 1 atom stereocenters. The molecular formula is C11H13N3S. The third kappa shape index (κ3) is 2.53. The van der Waals surface area contributed by atoms with Crippen molar-refractivity contribution in [2.75, 3.05) is 5.32 Å². The number of rotatable bonds is 3. The van der Waals surface area contributed by atoms with Crippen molar-refractivity contribution < 1.29 is 0 Å². The zero-order valence-corrected chi connectivity index (χ0v) is 9.58. The fourth-order valence-electron chi connectivity index (χ4n) is 1.35. The van der Waals surface area contributed by atoms with Crippen LogP contribution in [0, 0.1) is 6.92 Å². The van der Waals surface area contributed by atoms with Crippen molar-refractivity contribution in [1.82, 2.24) is 9.97 Å². The molecule has 4 heteroatoms. The van der Waals surface area contributed by atoms with Crippen molar-refractivity contribution in [3.63, 3.8) is 0 Å². The molecule has 1 N–H and O–H groups in total. The second kappa shape index (κ2) is 4.40. The Morgan fingerprint density at radius 2 is 2.20 bits per heavy atom. The Bertz CT molecular complexity index is 424. The van der Waals surface area contributed by atoms with Crippen LogP contribution in [0.3, 0.4) is 0 Å². The summed E-state index contributed by atoms with van der Waals surface area (Å²) in [4.78, 5) is 10.8. The molecule has 2 aromatic rings. The predicted octanol–water partition coefficient (Wildman–Crippen LogP) is 3.02. The van der Waals surface area contributed by atoms with E-state index in [1.54, 1.807) is 29.9 Å². The highest BCUT2D eigenvalue weighted by Crippen LogP contribution is 2.24. The minimum atomic E-state index is 0.278. The summed E-state index contributed by atoms with van der Waals surface area (Å²) in [5.41, 5.74) is 0. The van der Waals surface area contributed by atoms with Crippen molar-refractivity contribution >= 4 is 17.2 Å². The number of thiophene rings is 1. The summed E-state index contributed by atoms with van der Waals surface area (Å²) in [6.07, 6.45) is 5.09. The zero-order valence-electron chi connectivity index (χ0n) is 8.77. The van der Waals surface area contributed by atoms with E-state index in [2.05, 4.69) is 41.3 Å². The van der Waals surface area contributed by atoms with Gasteiger partial charge in [0.05, 0.1) is 12.2 Å². The largest absolute Gasteiger partial charge is 0.361 e. The van der Waals surface area contributed by atoms with Gasteiger partial charge in [-0.1, -0.05) is 0 Å². The van der Waals surface area contributed by atoms with Gasteiger partial charge in [-0.05, 0) is 26.0 Å². The predicted molar refractivity (Wildman–Crippen MR) is 63.1 cm³/mol. The van der Waals surface area contributed by atoms with Crippen LogP contribution in [0.1, 0.15) is 22.7 Å². The van der Waals surface area contributed by atoms with Crippen LogP contribution in [-0.4, -0.2) is 9.97 Å². The van der Waals surface area contributed by atoms with Crippen LogP contribution in [0.15, 0.2) is 30.7 Å². The van der Waals surface area contributed by atoms with Crippen molar-refractivity contribution in [3.05, 3.63) is 40.5 Å². The van der Waals surface area contributed by atoms with Crippen molar-refractivity contribution in [1.29, 1.82) is 0 Å². The zero-order chi connectivity index (χ0) is 10.7. The Labute approximate surface area is 93.2 Å². The van der Waals surface area contributed by atoms with Crippen LogP contribution in [0.2, 0.25) is 0 Å². The molecule has 0 bridgehead atoms. The lowest BCUT2D eigenvalue weighted by atomic mass is 10.3. The standard InChI is InChI=1S/C11H13N3S/c1-8-3-4-10(15-8)9(2)14-11-7-12-5-6-13-11/h3-7,9H,1-2H3,(H,13,14). The number of hydrogen-bond acceptors (Lipinski definition) is 4. The molecule has 0 fully saturated rings. The molecule has 0 saturated heterocycles. The summed E-state index contributed by atoms with van der Waals surface area (Å²) in [5, 5.41) is 3.31. The van der Waals surface area contributed by atoms with Crippen LogP contribution in [0.25, 0.3) is 0 Å². The molecule has 78 valence electrons. The molecule has 0 amide bonds. The average Bonchev–Trinajstić information content (AvgIpc) is 2.66. The van der Waals surface area contributed by atoms with Crippen LogP contribution in [0.5, 0.6) is 0 Å². The Morgan fingerprint density at radius 1 is 1.33 bits per heavy atom. The molecule has 0 aromatic carbocycles. The molecule has 2 aromatic heterocycles. The van der Waals surface area contributed by atoms with E-state index in [0.29, 0.717) is 0 Å². The maximum absolute atomic E-state index is 4.18. The summed E-state index contributed by atoms with van der Waals surface area (Å²) >= 11 is 1.80. The lowest BCUT2D eigenvalue weighted by molar-refractivity contribution is 0.892. The van der Waals surface area contributed by atoms with Gasteiger partial charge >= 0.3 is 0 Å². The van der Waals surface area contributed by atoms with E-state index in [0.717, 1.165) is 5.82 Å². The smallest absolute Gasteiger partial charge is 0.144 e. The van der Waals surface area contributed by atoms with Gasteiger partial charge in [-0.25, -0.2) is 4.98 Å². The number of nitrogens with zero attached hydrogens (tertiary/aromatic N) is 2. The molecule has 2 rings (SSSR count). The van der Waals surface area contributed by atoms with Crippen LogP contribution < -0.4 is 5.32 Å². The SMILES string of the molecule is Cc1ccc(C(C)Nc2cnccn2)s1. The second-order valence-electron chi connectivity index (χ2n) is 3.41. The summed E-state index contributed by atoms with van der Waals surface area (Å²) in [6.45, 7) is 4.24. The molecule has 0 aliphatic rings. The first-order chi connectivity index (χ1) is 7.25. The number of hydrogen-bond donors (Lipinski definition) is 1. The normalized spacial score (nSPS) is 12.4. The Hall–Kier alpha value is -1.42. The summed E-state index contributed by atoms with van der Waals surface area (Å²) in [5.74, 6) is 0.816. The molecule has 0 radical (unpaired) electrons. The van der Waals surface area contributed by atoms with Gasteiger partial charge in [-0.2, -0.15) is 0 Å². The van der Waals surface area contributed by atoms with Gasteiger partial charge in [0.2, 0.25) is 0 Å². The van der Waals surface area contributed by atoms with Gasteiger partial charge < -0.3 is 5.32 Å². The van der Waals surface area contributed by atoms with Gasteiger partial charge in [0.15, 0.2) is 0 Å². The summed E-state index contributed by atoms with van der Waals surface area (Å²) in [7, 11) is 0. The third-order valence-corrected chi connectivity index (χ3v) is 3.30. The first-order valence-electron chi connectivity index (χ1n) is 4.84. The Kier molecular flexibility index (Phi) is 2.97. The summed E-state index contributed by atoms with van der Waals surface area (Å²) < 4.78 is 0. The maximum atomic E-state index is 4.18. The highest BCUT2D eigenvalue weighted by atomic mass is 32.1. The van der Waals surface area contributed by atoms with Crippen molar-refractivity contribution in [3.8, 4) is 0 Å². The first kappa shape index (κ1) is 10.1. The van der Waals surface area contributed by atoms with Gasteiger partial charge in [0.1, 0.15) is 5.82 Å². The van der Waals surface area contributed by atoms with E-state index in [9.17, 15) is 0 Å². The molecule has 0 aliphatic heterocycles. The highest BCUT2D eigenvalue weighted by molar-refractivity contribution is 7.12. The minimum absolute atomic E-state index is 0.278. The van der Waals surface area contributed by atoms with Gasteiger partial charge in [-0.15, -0.1) is 11.3 Å². The van der Waals surface area contributed by atoms with E-state index in [-0.39, 0.29) is 6.04 Å². The maximum Gasteiger partial charge on any atom is 0.144 e. The lowest BCUT2D eigenvalue weighted by Crippen LogP contribution is -2.06. The van der Waals surface area contributed by atoms with Crippen LogP contribution in [-0.2, 0) is 0 Å². The quantitative estimate of drug-likeness (QED) is 0.862. The fraction of sp³-hybridized carbons (Fsp3) is 0.273. The molecule has 2 heterocycles. The van der Waals surface area contributed by atoms with E-state index >= 15 is 0 Å². The van der Waals surface area contributed by atoms with E-state index in [1.165, 1.54) is 9.75 Å². The Morgan fingerprint density at radius 3 is 2.80 bits per heavy atom. The lowest BCUT2D eigenvalue weighted by Gasteiger charge is -2.11. The molecule has 0 spiro atoms. The topological polar surface area (TPSA) is 37.8 Å². The molecule has 0 aliphatic carbocycles. The fourth-order valence-corrected chi connectivity index (χ4v) is 2.23.